The monoisotopic (exact) mass is 313 g/mol. The first-order valence-electron chi connectivity index (χ1n) is 7.76. The standard InChI is InChI=1S/C17H25ClFNO/c1-5-20-16(17-10(2)11(3)21-12(17)4)8-13-6-7-14(18)9-15(13)19/h6-7,9-12,16-17,20H,5,8H2,1-4H3. The zero-order valence-corrected chi connectivity index (χ0v) is 14.0. The highest BCUT2D eigenvalue weighted by molar-refractivity contribution is 6.30. The summed E-state index contributed by atoms with van der Waals surface area (Å²) in [7, 11) is 0. The highest BCUT2D eigenvalue weighted by Crippen LogP contribution is 2.35. The van der Waals surface area contributed by atoms with Crippen LogP contribution in [0.3, 0.4) is 0 Å². The Bertz CT molecular complexity index is 482. The van der Waals surface area contributed by atoms with Gasteiger partial charge >= 0.3 is 0 Å². The van der Waals surface area contributed by atoms with Crippen molar-refractivity contribution in [2.75, 3.05) is 6.54 Å². The number of rotatable bonds is 5. The molecule has 0 bridgehead atoms. The van der Waals surface area contributed by atoms with E-state index < -0.39 is 0 Å². The molecule has 1 fully saturated rings. The number of likely N-dealkylation sites (N-methyl/N-ethyl adjacent to an activating group) is 1. The van der Waals surface area contributed by atoms with Crippen LogP contribution in [-0.4, -0.2) is 24.8 Å². The Kier molecular flexibility index (Phi) is 5.64. The number of halogens is 2. The lowest BCUT2D eigenvalue weighted by atomic mass is 9.81. The van der Waals surface area contributed by atoms with Crippen molar-refractivity contribution < 1.29 is 9.13 Å². The van der Waals surface area contributed by atoms with Crippen molar-refractivity contribution in [3.8, 4) is 0 Å². The van der Waals surface area contributed by atoms with Crippen LogP contribution in [0, 0.1) is 17.7 Å². The first-order valence-corrected chi connectivity index (χ1v) is 8.14. The number of ether oxygens (including phenoxy) is 1. The van der Waals surface area contributed by atoms with Crippen molar-refractivity contribution in [2.45, 2.75) is 52.4 Å². The number of hydrogen-bond donors (Lipinski definition) is 1. The minimum Gasteiger partial charge on any atom is -0.375 e. The molecule has 0 saturated carbocycles. The Morgan fingerprint density at radius 3 is 2.52 bits per heavy atom. The lowest BCUT2D eigenvalue weighted by Gasteiger charge is -2.30. The molecule has 1 heterocycles. The van der Waals surface area contributed by atoms with E-state index in [2.05, 4.69) is 33.0 Å². The molecule has 1 aliphatic heterocycles. The molecular weight excluding hydrogens is 289 g/mol. The lowest BCUT2D eigenvalue weighted by molar-refractivity contribution is 0.0476. The Hall–Kier alpha value is -0.640. The van der Waals surface area contributed by atoms with Crippen LogP contribution in [0.5, 0.6) is 0 Å². The summed E-state index contributed by atoms with van der Waals surface area (Å²) in [5.74, 6) is 0.618. The van der Waals surface area contributed by atoms with Gasteiger partial charge in [-0.2, -0.15) is 0 Å². The molecule has 5 atom stereocenters. The maximum atomic E-state index is 14.1. The Balaban J connectivity index is 2.19. The molecule has 0 radical (unpaired) electrons. The van der Waals surface area contributed by atoms with Gasteiger partial charge in [0.25, 0.3) is 0 Å². The zero-order chi connectivity index (χ0) is 15.6. The second kappa shape index (κ2) is 7.08. The zero-order valence-electron chi connectivity index (χ0n) is 13.2. The third-order valence-electron chi connectivity index (χ3n) is 4.70. The molecule has 1 saturated heterocycles. The molecule has 21 heavy (non-hydrogen) atoms. The van der Waals surface area contributed by atoms with E-state index in [4.69, 9.17) is 16.3 Å². The maximum Gasteiger partial charge on any atom is 0.127 e. The molecule has 0 spiro atoms. The van der Waals surface area contributed by atoms with E-state index in [0.29, 0.717) is 28.8 Å². The molecule has 118 valence electrons. The van der Waals surface area contributed by atoms with E-state index in [1.807, 2.05) is 0 Å². The van der Waals surface area contributed by atoms with Crippen molar-refractivity contribution in [3.05, 3.63) is 34.6 Å². The quantitative estimate of drug-likeness (QED) is 0.885. The van der Waals surface area contributed by atoms with Crippen LogP contribution >= 0.6 is 11.6 Å². The van der Waals surface area contributed by atoms with Gasteiger partial charge in [0.05, 0.1) is 12.2 Å². The largest absolute Gasteiger partial charge is 0.375 e. The minimum atomic E-state index is -0.224. The predicted molar refractivity (Wildman–Crippen MR) is 85.2 cm³/mol. The molecule has 2 rings (SSSR count). The Morgan fingerprint density at radius 1 is 1.29 bits per heavy atom. The first kappa shape index (κ1) is 16.7. The molecule has 1 N–H and O–H groups in total. The fourth-order valence-electron chi connectivity index (χ4n) is 3.52. The van der Waals surface area contributed by atoms with E-state index in [0.717, 1.165) is 6.54 Å². The van der Waals surface area contributed by atoms with E-state index >= 15 is 0 Å². The third-order valence-corrected chi connectivity index (χ3v) is 4.94. The van der Waals surface area contributed by atoms with Gasteiger partial charge in [-0.25, -0.2) is 4.39 Å². The van der Waals surface area contributed by atoms with Crippen molar-refractivity contribution >= 4 is 11.6 Å². The average molecular weight is 314 g/mol. The van der Waals surface area contributed by atoms with Crippen LogP contribution in [0.2, 0.25) is 5.02 Å². The molecule has 0 aromatic heterocycles. The van der Waals surface area contributed by atoms with Gasteiger partial charge in [-0.1, -0.05) is 31.5 Å². The summed E-state index contributed by atoms with van der Waals surface area (Å²) in [5, 5.41) is 3.96. The summed E-state index contributed by atoms with van der Waals surface area (Å²) in [5.41, 5.74) is 0.712. The second-order valence-corrected chi connectivity index (χ2v) is 6.52. The van der Waals surface area contributed by atoms with E-state index in [-0.39, 0.29) is 24.1 Å². The van der Waals surface area contributed by atoms with Crippen molar-refractivity contribution in [2.24, 2.45) is 11.8 Å². The molecule has 1 aromatic rings. The summed E-state index contributed by atoms with van der Waals surface area (Å²) < 4.78 is 20.0. The SMILES string of the molecule is CCNC(Cc1ccc(Cl)cc1F)C1C(C)OC(C)C1C. The molecule has 2 nitrogen and oxygen atoms in total. The van der Waals surface area contributed by atoms with Crippen molar-refractivity contribution in [3.63, 3.8) is 0 Å². The number of benzene rings is 1. The number of hydrogen-bond acceptors (Lipinski definition) is 2. The van der Waals surface area contributed by atoms with Crippen LogP contribution < -0.4 is 5.32 Å². The van der Waals surface area contributed by atoms with Gasteiger partial charge < -0.3 is 10.1 Å². The summed E-state index contributed by atoms with van der Waals surface area (Å²) >= 11 is 5.83. The molecule has 1 aliphatic rings. The van der Waals surface area contributed by atoms with Gasteiger partial charge in [0.15, 0.2) is 0 Å². The van der Waals surface area contributed by atoms with E-state index in [1.165, 1.54) is 6.07 Å². The van der Waals surface area contributed by atoms with Gasteiger partial charge in [0, 0.05) is 17.0 Å². The molecule has 0 aliphatic carbocycles. The summed E-state index contributed by atoms with van der Waals surface area (Å²) in [6.45, 7) is 9.41. The van der Waals surface area contributed by atoms with Crippen LogP contribution in [0.15, 0.2) is 18.2 Å². The highest BCUT2D eigenvalue weighted by atomic mass is 35.5. The van der Waals surface area contributed by atoms with Crippen molar-refractivity contribution in [1.82, 2.24) is 5.32 Å². The van der Waals surface area contributed by atoms with Crippen LogP contribution in [-0.2, 0) is 11.2 Å². The lowest BCUT2D eigenvalue weighted by Crippen LogP contribution is -2.43. The Labute approximate surface area is 132 Å². The molecule has 5 unspecified atom stereocenters. The smallest absolute Gasteiger partial charge is 0.127 e. The van der Waals surface area contributed by atoms with Gasteiger partial charge in [-0.3, -0.25) is 0 Å². The fraction of sp³-hybridized carbons (Fsp3) is 0.647. The second-order valence-electron chi connectivity index (χ2n) is 6.09. The van der Waals surface area contributed by atoms with Crippen LogP contribution in [0.25, 0.3) is 0 Å². The Morgan fingerprint density at radius 2 is 2.00 bits per heavy atom. The van der Waals surface area contributed by atoms with Gasteiger partial charge in [0.1, 0.15) is 5.82 Å². The van der Waals surface area contributed by atoms with Crippen LogP contribution in [0.4, 0.5) is 4.39 Å². The molecule has 0 amide bonds. The average Bonchev–Trinajstić information content (AvgIpc) is 2.66. The summed E-state index contributed by atoms with van der Waals surface area (Å²) in [6, 6.07) is 5.14. The number of nitrogens with one attached hydrogen (secondary N) is 1. The van der Waals surface area contributed by atoms with E-state index in [9.17, 15) is 4.39 Å². The normalized spacial score (nSPS) is 30.6. The minimum absolute atomic E-state index is 0.189. The van der Waals surface area contributed by atoms with Crippen molar-refractivity contribution in [1.29, 1.82) is 0 Å². The molecular formula is C17H25ClFNO. The highest BCUT2D eigenvalue weighted by Gasteiger charge is 2.41. The van der Waals surface area contributed by atoms with Gasteiger partial charge in [-0.05, 0) is 50.4 Å². The topological polar surface area (TPSA) is 21.3 Å². The van der Waals surface area contributed by atoms with Gasteiger partial charge in [-0.15, -0.1) is 0 Å². The van der Waals surface area contributed by atoms with Crippen LogP contribution in [0.1, 0.15) is 33.3 Å². The molecule has 1 aromatic carbocycles. The molecule has 4 heteroatoms. The maximum absolute atomic E-state index is 14.1. The summed E-state index contributed by atoms with van der Waals surface area (Å²) in [4.78, 5) is 0. The fourth-order valence-corrected chi connectivity index (χ4v) is 3.68. The first-order chi connectivity index (χ1) is 9.93. The predicted octanol–water partition coefficient (Wildman–Crippen LogP) is 4.06. The van der Waals surface area contributed by atoms with E-state index in [1.54, 1.807) is 12.1 Å². The van der Waals surface area contributed by atoms with Gasteiger partial charge in [0.2, 0.25) is 0 Å². The summed E-state index contributed by atoms with van der Waals surface area (Å²) in [6.07, 6.45) is 1.10. The third kappa shape index (κ3) is 3.77.